The van der Waals surface area contributed by atoms with Gasteiger partial charge in [-0.2, -0.15) is 4.33 Å². The molecule has 3 heteroatoms. The van der Waals surface area contributed by atoms with Crippen molar-refractivity contribution in [2.24, 2.45) is 5.92 Å². The SMILES string of the molecule is C.COOSc1ccc(C2(C(C)C)CC2)cc1. The molecule has 0 atom stereocenters. The van der Waals surface area contributed by atoms with Gasteiger partial charge in [0.25, 0.3) is 0 Å². The molecule has 0 saturated heterocycles. The van der Waals surface area contributed by atoms with E-state index in [0.29, 0.717) is 5.41 Å². The number of rotatable bonds is 5. The minimum absolute atomic E-state index is 0. The number of benzene rings is 1. The average molecular weight is 254 g/mol. The Bertz CT molecular complexity index is 342. The Kier molecular flexibility index (Phi) is 5.04. The minimum Gasteiger partial charge on any atom is -0.227 e. The maximum Gasteiger partial charge on any atom is 0.0725 e. The van der Waals surface area contributed by atoms with Crippen molar-refractivity contribution in [2.75, 3.05) is 7.11 Å². The lowest BCUT2D eigenvalue weighted by Gasteiger charge is -2.20. The lowest BCUT2D eigenvalue weighted by Crippen LogP contribution is -2.14. The lowest BCUT2D eigenvalue weighted by molar-refractivity contribution is -0.160. The molecular formula is C14H22O2S. The number of hydrogen-bond acceptors (Lipinski definition) is 3. The summed E-state index contributed by atoms with van der Waals surface area (Å²) in [6.45, 7) is 4.62. The Morgan fingerprint density at radius 3 is 2.18 bits per heavy atom. The molecule has 96 valence electrons. The predicted molar refractivity (Wildman–Crippen MR) is 72.9 cm³/mol. The molecule has 0 heterocycles. The van der Waals surface area contributed by atoms with Gasteiger partial charge in [0.2, 0.25) is 0 Å². The molecule has 0 aromatic heterocycles. The topological polar surface area (TPSA) is 18.5 Å². The van der Waals surface area contributed by atoms with E-state index in [-0.39, 0.29) is 7.43 Å². The van der Waals surface area contributed by atoms with E-state index >= 15 is 0 Å². The Morgan fingerprint density at radius 2 is 1.76 bits per heavy atom. The summed E-state index contributed by atoms with van der Waals surface area (Å²) in [6.07, 6.45) is 2.65. The van der Waals surface area contributed by atoms with Crippen LogP contribution in [0.5, 0.6) is 0 Å². The predicted octanol–water partition coefficient (Wildman–Crippen LogP) is 4.60. The smallest absolute Gasteiger partial charge is 0.0725 e. The summed E-state index contributed by atoms with van der Waals surface area (Å²) >= 11 is 1.25. The first kappa shape index (κ1) is 14.6. The van der Waals surface area contributed by atoms with Crippen molar-refractivity contribution in [1.29, 1.82) is 0 Å². The van der Waals surface area contributed by atoms with Crippen molar-refractivity contribution in [1.82, 2.24) is 0 Å². The molecule has 1 saturated carbocycles. The molecule has 1 aromatic rings. The van der Waals surface area contributed by atoms with Crippen LogP contribution < -0.4 is 0 Å². The van der Waals surface area contributed by atoms with Gasteiger partial charge in [0.05, 0.1) is 19.2 Å². The second kappa shape index (κ2) is 5.89. The highest BCUT2D eigenvalue weighted by atomic mass is 32.2. The van der Waals surface area contributed by atoms with Gasteiger partial charge >= 0.3 is 0 Å². The molecular weight excluding hydrogens is 232 g/mol. The van der Waals surface area contributed by atoms with Crippen LogP contribution in [0.2, 0.25) is 0 Å². The average Bonchev–Trinajstić information content (AvgIpc) is 3.08. The van der Waals surface area contributed by atoms with Crippen LogP contribution >= 0.6 is 12.0 Å². The molecule has 1 fully saturated rings. The summed E-state index contributed by atoms with van der Waals surface area (Å²) in [5.74, 6) is 0.723. The van der Waals surface area contributed by atoms with Gasteiger partial charge < -0.3 is 0 Å². The fourth-order valence-corrected chi connectivity index (χ4v) is 2.64. The molecule has 0 bridgehead atoms. The second-order valence-electron chi connectivity index (χ2n) is 4.65. The summed E-state index contributed by atoms with van der Waals surface area (Å²) in [4.78, 5) is 5.63. The molecule has 0 N–H and O–H groups in total. The van der Waals surface area contributed by atoms with E-state index in [4.69, 9.17) is 4.33 Å². The van der Waals surface area contributed by atoms with Crippen molar-refractivity contribution in [3.8, 4) is 0 Å². The van der Waals surface area contributed by atoms with Crippen LogP contribution in [0.15, 0.2) is 29.2 Å². The molecule has 1 aliphatic rings. The summed E-state index contributed by atoms with van der Waals surface area (Å²) in [6, 6.07) is 8.63. The first-order valence-electron chi connectivity index (χ1n) is 5.67. The van der Waals surface area contributed by atoms with Crippen LogP contribution in [0.4, 0.5) is 0 Å². The molecule has 17 heavy (non-hydrogen) atoms. The summed E-state index contributed by atoms with van der Waals surface area (Å²) in [5, 5.41) is 0. The van der Waals surface area contributed by atoms with Crippen LogP contribution in [0, 0.1) is 5.92 Å². The maximum absolute atomic E-state index is 4.82. The normalized spacial score (nSPS) is 16.7. The molecule has 0 aliphatic heterocycles. The highest BCUT2D eigenvalue weighted by molar-refractivity contribution is 7.94. The Balaban J connectivity index is 0.00000144. The van der Waals surface area contributed by atoms with Crippen molar-refractivity contribution >= 4 is 12.0 Å². The van der Waals surface area contributed by atoms with Gasteiger partial charge in [-0.1, -0.05) is 33.4 Å². The van der Waals surface area contributed by atoms with E-state index in [0.717, 1.165) is 10.8 Å². The van der Waals surface area contributed by atoms with Gasteiger partial charge in [-0.05, 0) is 41.9 Å². The highest BCUT2D eigenvalue weighted by Crippen LogP contribution is 2.53. The van der Waals surface area contributed by atoms with Crippen LogP contribution in [0.3, 0.4) is 0 Å². The van der Waals surface area contributed by atoms with Crippen LogP contribution in [-0.4, -0.2) is 7.11 Å². The quantitative estimate of drug-likeness (QED) is 0.435. The monoisotopic (exact) mass is 254 g/mol. The molecule has 2 nitrogen and oxygen atoms in total. The van der Waals surface area contributed by atoms with Crippen LogP contribution in [0.1, 0.15) is 39.7 Å². The molecule has 0 spiro atoms. The van der Waals surface area contributed by atoms with Crippen molar-refractivity contribution in [2.45, 2.75) is 44.4 Å². The molecule has 1 aromatic carbocycles. The fraction of sp³-hybridized carbons (Fsp3) is 0.571. The van der Waals surface area contributed by atoms with E-state index in [1.54, 1.807) is 0 Å². The molecule has 1 aliphatic carbocycles. The Morgan fingerprint density at radius 1 is 1.18 bits per heavy atom. The van der Waals surface area contributed by atoms with Gasteiger partial charge in [0, 0.05) is 4.90 Å². The third kappa shape index (κ3) is 3.03. The van der Waals surface area contributed by atoms with E-state index in [1.807, 2.05) is 0 Å². The van der Waals surface area contributed by atoms with Crippen LogP contribution in [0.25, 0.3) is 0 Å². The van der Waals surface area contributed by atoms with Crippen molar-refractivity contribution in [3.05, 3.63) is 29.8 Å². The summed E-state index contributed by atoms with van der Waals surface area (Å²) < 4.78 is 4.82. The molecule has 0 radical (unpaired) electrons. The first-order chi connectivity index (χ1) is 7.69. The Labute approximate surface area is 109 Å². The van der Waals surface area contributed by atoms with Gasteiger partial charge in [0.1, 0.15) is 0 Å². The molecule has 2 rings (SSSR count). The van der Waals surface area contributed by atoms with Crippen LogP contribution in [-0.2, 0) is 14.6 Å². The third-order valence-electron chi connectivity index (χ3n) is 3.52. The largest absolute Gasteiger partial charge is 0.227 e. The van der Waals surface area contributed by atoms with Crippen molar-refractivity contribution in [3.63, 3.8) is 0 Å². The third-order valence-corrected chi connectivity index (χ3v) is 4.19. The fourth-order valence-electron chi connectivity index (χ4n) is 2.25. The van der Waals surface area contributed by atoms with E-state index in [9.17, 15) is 0 Å². The van der Waals surface area contributed by atoms with E-state index < -0.39 is 0 Å². The standard InChI is InChI=1S/C13H18O2S.CH4/c1-10(2)13(8-9-13)11-4-6-12(7-5-11)16-15-14-3;/h4-7,10H,8-9H2,1-3H3;1H4. The minimum atomic E-state index is 0. The zero-order valence-corrected chi connectivity index (χ0v) is 10.8. The zero-order valence-electron chi connectivity index (χ0n) is 10.0. The zero-order chi connectivity index (χ0) is 11.6. The van der Waals surface area contributed by atoms with Gasteiger partial charge in [-0.3, -0.25) is 0 Å². The molecule has 0 unspecified atom stereocenters. The van der Waals surface area contributed by atoms with Gasteiger partial charge in [-0.25, -0.2) is 4.89 Å². The number of hydrogen-bond donors (Lipinski definition) is 0. The summed E-state index contributed by atoms with van der Waals surface area (Å²) in [5.41, 5.74) is 1.91. The highest BCUT2D eigenvalue weighted by Gasteiger charge is 2.46. The molecule has 0 amide bonds. The van der Waals surface area contributed by atoms with E-state index in [1.165, 1.54) is 37.6 Å². The first-order valence-corrected chi connectivity index (χ1v) is 6.41. The van der Waals surface area contributed by atoms with Gasteiger partial charge in [0.15, 0.2) is 0 Å². The van der Waals surface area contributed by atoms with Gasteiger partial charge in [-0.15, -0.1) is 0 Å². The van der Waals surface area contributed by atoms with Crippen molar-refractivity contribution < 1.29 is 9.22 Å². The lowest BCUT2D eigenvalue weighted by atomic mass is 9.85. The van der Waals surface area contributed by atoms with E-state index in [2.05, 4.69) is 43.0 Å². The second-order valence-corrected chi connectivity index (χ2v) is 5.43. The Hall–Kier alpha value is -0.510. The maximum atomic E-state index is 4.82. The summed E-state index contributed by atoms with van der Waals surface area (Å²) in [7, 11) is 1.51.